The van der Waals surface area contributed by atoms with Crippen molar-refractivity contribution in [2.75, 3.05) is 31.2 Å². The molecule has 3 rings (SSSR count). The molecule has 2 aromatic rings. The van der Waals surface area contributed by atoms with Gasteiger partial charge in [0.2, 0.25) is 0 Å². The van der Waals surface area contributed by atoms with Crippen molar-refractivity contribution in [1.29, 1.82) is 5.26 Å². The molecule has 0 atom stereocenters. The highest BCUT2D eigenvalue weighted by Gasteiger charge is 2.14. The number of benzene rings is 1. The number of nitrogens with zero attached hydrogens (tertiary/aromatic N) is 2. The van der Waals surface area contributed by atoms with E-state index in [-0.39, 0.29) is 0 Å². The molecule has 4 nitrogen and oxygen atoms in total. The van der Waals surface area contributed by atoms with E-state index in [4.69, 9.17) is 9.15 Å². The van der Waals surface area contributed by atoms with E-state index in [0.717, 1.165) is 29.0 Å². The van der Waals surface area contributed by atoms with Gasteiger partial charge in [-0.25, -0.2) is 0 Å². The molecule has 0 radical (unpaired) electrons. The Morgan fingerprint density at radius 3 is 2.55 bits per heavy atom. The summed E-state index contributed by atoms with van der Waals surface area (Å²) in [6, 6.07) is 13.7. The summed E-state index contributed by atoms with van der Waals surface area (Å²) in [4.78, 5) is 2.15. The van der Waals surface area contributed by atoms with Gasteiger partial charge in [-0.05, 0) is 29.8 Å². The van der Waals surface area contributed by atoms with Crippen molar-refractivity contribution in [2.24, 2.45) is 0 Å². The number of allylic oxidation sites excluding steroid dienone is 1. The van der Waals surface area contributed by atoms with E-state index in [1.807, 2.05) is 36.4 Å². The zero-order valence-electron chi connectivity index (χ0n) is 12.0. The summed E-state index contributed by atoms with van der Waals surface area (Å²) in [7, 11) is 0. The van der Waals surface area contributed by atoms with E-state index in [1.54, 1.807) is 6.08 Å². The molecule has 1 aromatic heterocycles. The molecule has 1 aliphatic rings. The van der Waals surface area contributed by atoms with Crippen LogP contribution >= 0.6 is 15.9 Å². The molecule has 5 heteroatoms. The van der Waals surface area contributed by atoms with Crippen molar-refractivity contribution in [2.45, 2.75) is 0 Å². The van der Waals surface area contributed by atoms with E-state index in [2.05, 4.69) is 26.9 Å². The first-order chi connectivity index (χ1) is 10.8. The summed E-state index contributed by atoms with van der Waals surface area (Å²) in [5.74, 6) is 1.50. The van der Waals surface area contributed by atoms with Crippen LogP contribution in [0.4, 0.5) is 5.88 Å². The van der Waals surface area contributed by atoms with Crippen molar-refractivity contribution in [3.8, 4) is 6.07 Å². The lowest BCUT2D eigenvalue weighted by molar-refractivity contribution is 0.120. The number of morpholine rings is 1. The Bertz CT molecular complexity index is 707. The second-order valence-corrected chi connectivity index (χ2v) is 5.87. The smallest absolute Gasteiger partial charge is 0.196 e. The molecule has 0 bridgehead atoms. The second-order valence-electron chi connectivity index (χ2n) is 4.95. The van der Waals surface area contributed by atoms with Gasteiger partial charge in [0.05, 0.1) is 24.9 Å². The summed E-state index contributed by atoms with van der Waals surface area (Å²) in [6.45, 7) is 3.09. The van der Waals surface area contributed by atoms with Crippen molar-refractivity contribution >= 4 is 33.5 Å². The molecule has 1 aliphatic heterocycles. The van der Waals surface area contributed by atoms with Crippen LogP contribution in [0, 0.1) is 11.3 Å². The van der Waals surface area contributed by atoms with E-state index in [9.17, 15) is 5.26 Å². The SMILES string of the molecule is N#C/C(=C/c1ccc(N2CCOCC2)o1)c1ccc(Br)cc1. The first kappa shape index (κ1) is 14.9. The van der Waals surface area contributed by atoms with Crippen molar-refractivity contribution in [3.05, 3.63) is 52.2 Å². The van der Waals surface area contributed by atoms with Crippen molar-refractivity contribution in [3.63, 3.8) is 0 Å². The molecule has 1 saturated heterocycles. The highest BCUT2D eigenvalue weighted by Crippen LogP contribution is 2.24. The predicted molar refractivity (Wildman–Crippen MR) is 89.4 cm³/mol. The Hall–Kier alpha value is -2.03. The first-order valence-electron chi connectivity index (χ1n) is 7.06. The number of furan rings is 1. The van der Waals surface area contributed by atoms with Gasteiger partial charge in [0.25, 0.3) is 0 Å². The fraction of sp³-hybridized carbons (Fsp3) is 0.235. The van der Waals surface area contributed by atoms with E-state index in [0.29, 0.717) is 24.5 Å². The molecule has 22 heavy (non-hydrogen) atoms. The third-order valence-corrected chi connectivity index (χ3v) is 4.03. The lowest BCUT2D eigenvalue weighted by Crippen LogP contribution is -2.35. The van der Waals surface area contributed by atoms with Gasteiger partial charge in [0, 0.05) is 23.6 Å². The van der Waals surface area contributed by atoms with Crippen LogP contribution in [0.25, 0.3) is 11.6 Å². The highest BCUT2D eigenvalue weighted by molar-refractivity contribution is 9.10. The molecule has 0 saturated carbocycles. The summed E-state index contributed by atoms with van der Waals surface area (Å²) in [5.41, 5.74) is 1.45. The van der Waals surface area contributed by atoms with Crippen LogP contribution in [0.1, 0.15) is 11.3 Å². The summed E-state index contributed by atoms with van der Waals surface area (Å²) in [6.07, 6.45) is 1.77. The van der Waals surface area contributed by atoms with Gasteiger partial charge in [-0.1, -0.05) is 28.1 Å². The van der Waals surface area contributed by atoms with Crippen LogP contribution in [-0.2, 0) is 4.74 Å². The Balaban J connectivity index is 1.82. The Morgan fingerprint density at radius 1 is 1.14 bits per heavy atom. The Kier molecular flexibility index (Phi) is 4.62. The topological polar surface area (TPSA) is 49.4 Å². The predicted octanol–water partition coefficient (Wildman–Crippen LogP) is 3.94. The van der Waals surface area contributed by atoms with E-state index >= 15 is 0 Å². The minimum Gasteiger partial charge on any atom is -0.441 e. The number of nitriles is 1. The van der Waals surface area contributed by atoms with Crippen molar-refractivity contribution < 1.29 is 9.15 Å². The second kappa shape index (κ2) is 6.82. The van der Waals surface area contributed by atoms with Crippen LogP contribution in [-0.4, -0.2) is 26.3 Å². The Labute approximate surface area is 137 Å². The number of anilines is 1. The molecule has 112 valence electrons. The van der Waals surface area contributed by atoms with Gasteiger partial charge in [-0.3, -0.25) is 0 Å². The maximum atomic E-state index is 9.37. The molecular weight excluding hydrogens is 344 g/mol. The maximum Gasteiger partial charge on any atom is 0.196 e. The molecule has 0 aliphatic carbocycles. The largest absolute Gasteiger partial charge is 0.441 e. The third-order valence-electron chi connectivity index (χ3n) is 3.50. The lowest BCUT2D eigenvalue weighted by atomic mass is 10.1. The van der Waals surface area contributed by atoms with Crippen LogP contribution in [0.15, 0.2) is 45.3 Å². The zero-order chi connectivity index (χ0) is 15.4. The van der Waals surface area contributed by atoms with Crippen LogP contribution in [0.2, 0.25) is 0 Å². The highest BCUT2D eigenvalue weighted by atomic mass is 79.9. The number of halogens is 1. The average Bonchev–Trinajstić information content (AvgIpc) is 3.03. The quantitative estimate of drug-likeness (QED) is 0.779. The zero-order valence-corrected chi connectivity index (χ0v) is 13.5. The number of ether oxygens (including phenoxy) is 1. The molecule has 0 unspecified atom stereocenters. The van der Waals surface area contributed by atoms with Crippen LogP contribution in [0.3, 0.4) is 0 Å². The average molecular weight is 359 g/mol. The number of hydrogen-bond donors (Lipinski definition) is 0. The summed E-state index contributed by atoms with van der Waals surface area (Å²) in [5, 5.41) is 9.37. The normalized spacial score (nSPS) is 15.6. The summed E-state index contributed by atoms with van der Waals surface area (Å²) < 4.78 is 12.2. The molecule has 0 amide bonds. The van der Waals surface area contributed by atoms with Gasteiger partial charge >= 0.3 is 0 Å². The first-order valence-corrected chi connectivity index (χ1v) is 7.86. The fourth-order valence-corrected chi connectivity index (χ4v) is 2.59. The van der Waals surface area contributed by atoms with Gasteiger partial charge in [0.15, 0.2) is 5.88 Å². The van der Waals surface area contributed by atoms with Gasteiger partial charge in [-0.15, -0.1) is 0 Å². The van der Waals surface area contributed by atoms with Crippen molar-refractivity contribution in [1.82, 2.24) is 0 Å². The van der Waals surface area contributed by atoms with E-state index < -0.39 is 0 Å². The number of hydrogen-bond acceptors (Lipinski definition) is 4. The number of rotatable bonds is 3. The monoisotopic (exact) mass is 358 g/mol. The minimum absolute atomic E-state index is 0.579. The molecular formula is C17H15BrN2O2. The molecule has 1 fully saturated rings. The third kappa shape index (κ3) is 3.41. The minimum atomic E-state index is 0.579. The van der Waals surface area contributed by atoms with Crippen LogP contribution < -0.4 is 4.90 Å². The van der Waals surface area contributed by atoms with Gasteiger partial charge in [0.1, 0.15) is 5.76 Å². The standard InChI is InChI=1S/C17H15BrN2O2/c18-15-3-1-13(2-4-15)14(12-19)11-16-5-6-17(22-16)20-7-9-21-10-8-20/h1-6,11H,7-10H2/b14-11-. The Morgan fingerprint density at radius 2 is 1.86 bits per heavy atom. The van der Waals surface area contributed by atoms with E-state index in [1.165, 1.54) is 0 Å². The summed E-state index contributed by atoms with van der Waals surface area (Å²) >= 11 is 3.39. The fourth-order valence-electron chi connectivity index (χ4n) is 2.33. The molecule has 2 heterocycles. The van der Waals surface area contributed by atoms with Crippen LogP contribution in [0.5, 0.6) is 0 Å². The van der Waals surface area contributed by atoms with Gasteiger partial charge in [-0.2, -0.15) is 5.26 Å². The maximum absolute atomic E-state index is 9.37. The molecule has 0 spiro atoms. The lowest BCUT2D eigenvalue weighted by Gasteiger charge is -2.26. The van der Waals surface area contributed by atoms with Gasteiger partial charge < -0.3 is 14.1 Å². The molecule has 0 N–H and O–H groups in total. The molecule has 1 aromatic carbocycles.